The van der Waals surface area contributed by atoms with E-state index in [1.807, 2.05) is 0 Å². The van der Waals surface area contributed by atoms with E-state index in [1.165, 1.54) is 25.3 Å². The standard InChI is InChI=1S/C11H12N2O3/c1-16-11(15)8-3-2-7(9(12)6-8)4-5-10(13)14/h2-6H,12H2,1H3,(H2,13,14). The smallest absolute Gasteiger partial charge is 0.337 e. The molecular formula is C11H12N2O3. The average Bonchev–Trinajstić information content (AvgIpc) is 2.26. The number of rotatable bonds is 3. The van der Waals surface area contributed by atoms with E-state index in [0.29, 0.717) is 16.8 Å². The minimum Gasteiger partial charge on any atom is -0.465 e. The van der Waals surface area contributed by atoms with E-state index in [9.17, 15) is 9.59 Å². The third-order valence-corrected chi connectivity index (χ3v) is 1.94. The van der Waals surface area contributed by atoms with Crippen molar-refractivity contribution in [2.24, 2.45) is 5.73 Å². The maximum Gasteiger partial charge on any atom is 0.337 e. The van der Waals surface area contributed by atoms with Crippen molar-refractivity contribution in [2.75, 3.05) is 12.8 Å². The van der Waals surface area contributed by atoms with Crippen LogP contribution in [-0.4, -0.2) is 19.0 Å². The molecule has 84 valence electrons. The molecule has 0 heterocycles. The van der Waals surface area contributed by atoms with Gasteiger partial charge in [-0.1, -0.05) is 6.07 Å². The van der Waals surface area contributed by atoms with Crippen LogP contribution in [0.3, 0.4) is 0 Å². The van der Waals surface area contributed by atoms with Crippen LogP contribution in [0.5, 0.6) is 0 Å². The van der Waals surface area contributed by atoms with Crippen LogP contribution in [-0.2, 0) is 9.53 Å². The van der Waals surface area contributed by atoms with E-state index in [-0.39, 0.29) is 0 Å². The summed E-state index contributed by atoms with van der Waals surface area (Å²) < 4.78 is 4.54. The summed E-state index contributed by atoms with van der Waals surface area (Å²) in [6.45, 7) is 0. The van der Waals surface area contributed by atoms with Crippen LogP contribution in [0.2, 0.25) is 0 Å². The van der Waals surface area contributed by atoms with Gasteiger partial charge in [-0.25, -0.2) is 4.79 Å². The summed E-state index contributed by atoms with van der Waals surface area (Å²) in [6.07, 6.45) is 2.68. The summed E-state index contributed by atoms with van der Waals surface area (Å²) in [5.74, 6) is -1.02. The molecule has 0 saturated heterocycles. The van der Waals surface area contributed by atoms with Crippen molar-refractivity contribution in [2.45, 2.75) is 0 Å². The molecule has 0 unspecified atom stereocenters. The van der Waals surface area contributed by atoms with Crippen molar-refractivity contribution in [3.63, 3.8) is 0 Å². The number of primary amides is 1. The Labute approximate surface area is 92.7 Å². The molecule has 0 bridgehead atoms. The lowest BCUT2D eigenvalue weighted by Crippen LogP contribution is -2.05. The first-order chi connectivity index (χ1) is 7.54. The second-order valence-electron chi connectivity index (χ2n) is 3.07. The predicted octanol–water partition coefficient (Wildman–Crippen LogP) is 0.554. The number of nitrogen functional groups attached to an aromatic ring is 1. The predicted molar refractivity (Wildman–Crippen MR) is 60.4 cm³/mol. The molecule has 0 aromatic heterocycles. The van der Waals surface area contributed by atoms with Gasteiger partial charge in [0, 0.05) is 11.8 Å². The Morgan fingerprint density at radius 1 is 1.38 bits per heavy atom. The van der Waals surface area contributed by atoms with Gasteiger partial charge >= 0.3 is 5.97 Å². The third kappa shape index (κ3) is 2.84. The molecule has 0 aliphatic rings. The Hall–Kier alpha value is -2.30. The lowest BCUT2D eigenvalue weighted by atomic mass is 10.1. The minimum atomic E-state index is -0.559. The Bertz CT molecular complexity index is 453. The van der Waals surface area contributed by atoms with Crippen LogP contribution >= 0.6 is 0 Å². The van der Waals surface area contributed by atoms with E-state index in [2.05, 4.69) is 4.74 Å². The zero-order chi connectivity index (χ0) is 12.1. The molecular weight excluding hydrogens is 208 g/mol. The number of benzene rings is 1. The zero-order valence-corrected chi connectivity index (χ0v) is 8.77. The molecule has 0 atom stereocenters. The van der Waals surface area contributed by atoms with Gasteiger partial charge in [0.25, 0.3) is 0 Å². The number of hydrogen-bond acceptors (Lipinski definition) is 4. The van der Waals surface area contributed by atoms with Crippen molar-refractivity contribution in [3.8, 4) is 0 Å². The summed E-state index contributed by atoms with van der Waals surface area (Å²) in [5.41, 5.74) is 12.0. The van der Waals surface area contributed by atoms with Gasteiger partial charge in [0.05, 0.1) is 12.7 Å². The van der Waals surface area contributed by atoms with Gasteiger partial charge in [-0.15, -0.1) is 0 Å². The fourth-order valence-corrected chi connectivity index (χ4v) is 1.14. The molecule has 5 nitrogen and oxygen atoms in total. The highest BCUT2D eigenvalue weighted by Gasteiger charge is 2.06. The molecule has 0 radical (unpaired) electrons. The molecule has 0 aliphatic heterocycles. The molecule has 16 heavy (non-hydrogen) atoms. The number of amides is 1. The largest absolute Gasteiger partial charge is 0.465 e. The fourth-order valence-electron chi connectivity index (χ4n) is 1.14. The van der Waals surface area contributed by atoms with Gasteiger partial charge in [-0.05, 0) is 23.8 Å². The number of carbonyl (C=O) groups excluding carboxylic acids is 2. The molecule has 1 aromatic carbocycles. The Kier molecular flexibility index (Phi) is 3.66. The molecule has 5 heteroatoms. The molecule has 1 rings (SSSR count). The lowest BCUT2D eigenvalue weighted by Gasteiger charge is -2.03. The summed E-state index contributed by atoms with van der Waals surface area (Å²) >= 11 is 0. The van der Waals surface area contributed by atoms with Gasteiger partial charge in [-0.2, -0.15) is 0 Å². The second-order valence-corrected chi connectivity index (χ2v) is 3.07. The average molecular weight is 220 g/mol. The number of carbonyl (C=O) groups is 2. The first-order valence-electron chi connectivity index (χ1n) is 4.50. The van der Waals surface area contributed by atoms with Crippen molar-refractivity contribution in [1.82, 2.24) is 0 Å². The van der Waals surface area contributed by atoms with E-state index in [4.69, 9.17) is 11.5 Å². The van der Waals surface area contributed by atoms with Gasteiger partial charge in [0.2, 0.25) is 5.91 Å². The van der Waals surface area contributed by atoms with Crippen LogP contribution < -0.4 is 11.5 Å². The first-order valence-corrected chi connectivity index (χ1v) is 4.50. The second kappa shape index (κ2) is 4.97. The maximum absolute atomic E-state index is 11.2. The summed E-state index contributed by atoms with van der Waals surface area (Å²) in [6, 6.07) is 4.65. The zero-order valence-electron chi connectivity index (χ0n) is 8.77. The molecule has 0 spiro atoms. The van der Waals surface area contributed by atoms with Gasteiger partial charge in [0.15, 0.2) is 0 Å². The topological polar surface area (TPSA) is 95.4 Å². The van der Waals surface area contributed by atoms with Crippen LogP contribution in [0.15, 0.2) is 24.3 Å². The molecule has 4 N–H and O–H groups in total. The molecule has 0 saturated carbocycles. The summed E-state index contributed by atoms with van der Waals surface area (Å²) in [4.78, 5) is 21.7. The van der Waals surface area contributed by atoms with Crippen molar-refractivity contribution in [1.29, 1.82) is 0 Å². The Balaban J connectivity index is 3.00. The molecule has 1 aromatic rings. The maximum atomic E-state index is 11.2. The Morgan fingerprint density at radius 3 is 2.56 bits per heavy atom. The number of methoxy groups -OCH3 is 1. The number of hydrogen-bond donors (Lipinski definition) is 2. The van der Waals surface area contributed by atoms with E-state index in [0.717, 1.165) is 0 Å². The molecule has 1 amide bonds. The van der Waals surface area contributed by atoms with Gasteiger partial charge < -0.3 is 16.2 Å². The van der Waals surface area contributed by atoms with Gasteiger partial charge in [0.1, 0.15) is 0 Å². The quantitative estimate of drug-likeness (QED) is 0.442. The summed E-state index contributed by atoms with van der Waals surface area (Å²) in [7, 11) is 1.29. The van der Waals surface area contributed by atoms with E-state index >= 15 is 0 Å². The lowest BCUT2D eigenvalue weighted by molar-refractivity contribution is -0.113. The normalized spacial score (nSPS) is 10.3. The van der Waals surface area contributed by atoms with Crippen molar-refractivity contribution < 1.29 is 14.3 Å². The molecule has 0 fully saturated rings. The van der Waals surface area contributed by atoms with Gasteiger partial charge in [-0.3, -0.25) is 4.79 Å². The summed E-state index contributed by atoms with van der Waals surface area (Å²) in [5, 5.41) is 0. The highest BCUT2D eigenvalue weighted by atomic mass is 16.5. The number of anilines is 1. The highest BCUT2D eigenvalue weighted by molar-refractivity contribution is 5.93. The molecule has 0 aliphatic carbocycles. The van der Waals surface area contributed by atoms with E-state index < -0.39 is 11.9 Å². The SMILES string of the molecule is COC(=O)c1ccc(C=CC(N)=O)c(N)c1. The van der Waals surface area contributed by atoms with Crippen molar-refractivity contribution in [3.05, 3.63) is 35.4 Å². The highest BCUT2D eigenvalue weighted by Crippen LogP contribution is 2.16. The number of nitrogens with two attached hydrogens (primary N) is 2. The van der Waals surface area contributed by atoms with Crippen LogP contribution in [0, 0.1) is 0 Å². The monoisotopic (exact) mass is 220 g/mol. The minimum absolute atomic E-state index is 0.358. The first kappa shape index (κ1) is 11.8. The van der Waals surface area contributed by atoms with Crippen LogP contribution in [0.1, 0.15) is 15.9 Å². The number of esters is 1. The Morgan fingerprint density at radius 2 is 2.06 bits per heavy atom. The number of ether oxygens (including phenoxy) is 1. The van der Waals surface area contributed by atoms with E-state index in [1.54, 1.807) is 12.1 Å². The van der Waals surface area contributed by atoms with Crippen molar-refractivity contribution >= 4 is 23.6 Å². The fraction of sp³-hybridized carbons (Fsp3) is 0.0909. The third-order valence-electron chi connectivity index (χ3n) is 1.94. The van der Waals surface area contributed by atoms with Crippen LogP contribution in [0.25, 0.3) is 6.08 Å². The van der Waals surface area contributed by atoms with Crippen LogP contribution in [0.4, 0.5) is 5.69 Å².